The molecule has 4 nitrogen and oxygen atoms in total. The van der Waals surface area contributed by atoms with Crippen LogP contribution >= 0.6 is 23.2 Å². The Hall–Kier alpha value is -0.490. The number of rotatable bonds is 3. The first kappa shape index (κ1) is 13.0. The Labute approximate surface area is 110 Å². The lowest BCUT2D eigenvalue weighted by Crippen LogP contribution is -2.29. The summed E-state index contributed by atoms with van der Waals surface area (Å²) in [6.07, 6.45) is 1.75. The molecule has 0 aromatic heterocycles. The predicted molar refractivity (Wildman–Crippen MR) is 68.8 cm³/mol. The quantitative estimate of drug-likeness (QED) is 0.871. The average molecular weight is 295 g/mol. The van der Waals surface area contributed by atoms with Gasteiger partial charge in [0.2, 0.25) is 10.0 Å². The van der Waals surface area contributed by atoms with Gasteiger partial charge in [0.1, 0.15) is 4.90 Å². The fraction of sp³-hybridized carbons (Fsp3) is 0.400. The zero-order valence-corrected chi connectivity index (χ0v) is 11.5. The lowest BCUT2D eigenvalue weighted by molar-refractivity contribution is 0.464. The SMILES string of the molecule is CN(C1CC1)S(=O)(=O)c1c(N)cc(Cl)cc1Cl. The summed E-state index contributed by atoms with van der Waals surface area (Å²) in [5, 5.41) is 0.378. The minimum atomic E-state index is -3.64. The molecule has 2 N–H and O–H groups in total. The monoisotopic (exact) mass is 294 g/mol. The number of nitrogens with two attached hydrogens (primary N) is 1. The largest absolute Gasteiger partial charge is 0.398 e. The lowest BCUT2D eigenvalue weighted by Gasteiger charge is -2.18. The molecular weight excluding hydrogens is 283 g/mol. The van der Waals surface area contributed by atoms with Gasteiger partial charge in [-0.25, -0.2) is 8.42 Å². The first-order valence-electron chi connectivity index (χ1n) is 5.06. The first-order chi connectivity index (χ1) is 7.84. The third-order valence-corrected chi connectivity index (χ3v) is 5.39. The average Bonchev–Trinajstić information content (AvgIpc) is 2.96. The van der Waals surface area contributed by atoms with Gasteiger partial charge in [-0.05, 0) is 25.0 Å². The summed E-state index contributed by atoms with van der Waals surface area (Å²) < 4.78 is 25.9. The Morgan fingerprint density at radius 2 is 1.94 bits per heavy atom. The molecule has 1 fully saturated rings. The number of hydrogen-bond donors (Lipinski definition) is 1. The molecule has 0 aliphatic heterocycles. The lowest BCUT2D eigenvalue weighted by atomic mass is 10.3. The second-order valence-electron chi connectivity index (χ2n) is 4.06. The van der Waals surface area contributed by atoms with Crippen molar-refractivity contribution in [1.82, 2.24) is 4.31 Å². The summed E-state index contributed by atoms with van der Waals surface area (Å²) in [6.45, 7) is 0. The number of benzene rings is 1. The van der Waals surface area contributed by atoms with Crippen LogP contribution in [0.4, 0.5) is 5.69 Å². The van der Waals surface area contributed by atoms with Gasteiger partial charge in [-0.1, -0.05) is 23.2 Å². The van der Waals surface area contributed by atoms with Crippen LogP contribution in [0.5, 0.6) is 0 Å². The molecule has 0 unspecified atom stereocenters. The zero-order chi connectivity index (χ0) is 12.8. The Kier molecular flexibility index (Phi) is 3.29. The van der Waals surface area contributed by atoms with Crippen LogP contribution in [0.2, 0.25) is 10.0 Å². The summed E-state index contributed by atoms with van der Waals surface area (Å²) in [6, 6.07) is 2.83. The van der Waals surface area contributed by atoms with Crippen LogP contribution in [0.25, 0.3) is 0 Å². The Bertz CT molecular complexity index is 532. The van der Waals surface area contributed by atoms with Crippen LogP contribution in [-0.4, -0.2) is 25.8 Å². The van der Waals surface area contributed by atoms with E-state index in [-0.39, 0.29) is 21.6 Å². The van der Waals surface area contributed by atoms with Gasteiger partial charge < -0.3 is 5.73 Å². The second-order valence-corrected chi connectivity index (χ2v) is 6.84. The molecule has 0 atom stereocenters. The predicted octanol–water partition coefficient (Wildman–Crippen LogP) is 2.36. The van der Waals surface area contributed by atoms with Crippen molar-refractivity contribution >= 4 is 38.9 Å². The number of sulfonamides is 1. The fourth-order valence-corrected chi connectivity index (χ4v) is 3.99. The van der Waals surface area contributed by atoms with E-state index in [1.807, 2.05) is 0 Å². The van der Waals surface area contributed by atoms with Gasteiger partial charge in [0.25, 0.3) is 0 Å². The topological polar surface area (TPSA) is 63.4 Å². The molecular formula is C10H12Cl2N2O2S. The molecule has 17 heavy (non-hydrogen) atoms. The van der Waals surface area contributed by atoms with E-state index >= 15 is 0 Å². The summed E-state index contributed by atoms with van der Waals surface area (Å²) in [5.41, 5.74) is 5.77. The van der Waals surface area contributed by atoms with Crippen molar-refractivity contribution in [3.8, 4) is 0 Å². The molecule has 0 heterocycles. The van der Waals surface area contributed by atoms with Crippen molar-refractivity contribution in [1.29, 1.82) is 0 Å². The molecule has 2 rings (SSSR count). The van der Waals surface area contributed by atoms with Gasteiger partial charge in [-0.15, -0.1) is 0 Å². The summed E-state index contributed by atoms with van der Waals surface area (Å²) >= 11 is 11.7. The third-order valence-electron chi connectivity index (χ3n) is 2.74. The first-order valence-corrected chi connectivity index (χ1v) is 7.26. The molecule has 0 saturated heterocycles. The van der Waals surface area contributed by atoms with Crippen molar-refractivity contribution in [3.05, 3.63) is 22.2 Å². The Morgan fingerprint density at radius 1 is 1.35 bits per heavy atom. The number of hydrogen-bond acceptors (Lipinski definition) is 3. The highest BCUT2D eigenvalue weighted by atomic mass is 35.5. The maximum atomic E-state index is 12.3. The van der Waals surface area contributed by atoms with Crippen LogP contribution in [0.1, 0.15) is 12.8 Å². The maximum absolute atomic E-state index is 12.3. The van der Waals surface area contributed by atoms with Crippen molar-refractivity contribution in [2.24, 2.45) is 0 Å². The molecule has 1 aromatic rings. The smallest absolute Gasteiger partial charge is 0.246 e. The van der Waals surface area contributed by atoms with E-state index in [0.717, 1.165) is 12.8 Å². The van der Waals surface area contributed by atoms with E-state index < -0.39 is 10.0 Å². The van der Waals surface area contributed by atoms with Gasteiger partial charge in [0.15, 0.2) is 0 Å². The van der Waals surface area contributed by atoms with E-state index in [4.69, 9.17) is 28.9 Å². The van der Waals surface area contributed by atoms with Gasteiger partial charge >= 0.3 is 0 Å². The molecule has 1 aromatic carbocycles. The molecule has 0 amide bonds. The van der Waals surface area contributed by atoms with E-state index in [2.05, 4.69) is 0 Å². The van der Waals surface area contributed by atoms with E-state index in [1.165, 1.54) is 23.5 Å². The standard InChI is InChI=1S/C10H12Cl2N2O2S/c1-14(7-2-3-7)17(15,16)10-8(12)4-6(11)5-9(10)13/h4-5,7H,2-3,13H2,1H3. The maximum Gasteiger partial charge on any atom is 0.246 e. The molecule has 1 saturated carbocycles. The fourth-order valence-electron chi connectivity index (χ4n) is 1.63. The zero-order valence-electron chi connectivity index (χ0n) is 9.15. The Morgan fingerprint density at radius 3 is 2.41 bits per heavy atom. The molecule has 0 spiro atoms. The molecule has 0 radical (unpaired) electrons. The van der Waals surface area contributed by atoms with Crippen LogP contribution < -0.4 is 5.73 Å². The van der Waals surface area contributed by atoms with Crippen molar-refractivity contribution in [2.45, 2.75) is 23.8 Å². The van der Waals surface area contributed by atoms with Crippen LogP contribution in [-0.2, 0) is 10.0 Å². The number of halogens is 2. The van der Waals surface area contributed by atoms with Gasteiger partial charge in [-0.3, -0.25) is 0 Å². The normalized spacial score (nSPS) is 16.5. The van der Waals surface area contributed by atoms with E-state index in [0.29, 0.717) is 5.02 Å². The second kappa shape index (κ2) is 4.31. The van der Waals surface area contributed by atoms with Gasteiger partial charge in [-0.2, -0.15) is 4.31 Å². The molecule has 1 aliphatic rings. The summed E-state index contributed by atoms with van der Waals surface area (Å²) in [4.78, 5) is -0.0574. The number of nitrogen functional groups attached to an aromatic ring is 1. The third kappa shape index (κ3) is 2.38. The van der Waals surface area contributed by atoms with Crippen molar-refractivity contribution < 1.29 is 8.42 Å². The highest BCUT2D eigenvalue weighted by molar-refractivity contribution is 7.89. The number of nitrogens with zero attached hydrogens (tertiary/aromatic N) is 1. The van der Waals surface area contributed by atoms with Crippen molar-refractivity contribution in [2.75, 3.05) is 12.8 Å². The molecule has 1 aliphatic carbocycles. The summed E-state index contributed by atoms with van der Waals surface area (Å²) in [7, 11) is -2.10. The van der Waals surface area contributed by atoms with E-state index in [9.17, 15) is 8.42 Å². The van der Waals surface area contributed by atoms with Crippen LogP contribution in [0.15, 0.2) is 17.0 Å². The van der Waals surface area contributed by atoms with Gasteiger partial charge in [0.05, 0.1) is 10.7 Å². The highest BCUT2D eigenvalue weighted by Crippen LogP contribution is 2.36. The van der Waals surface area contributed by atoms with Crippen molar-refractivity contribution in [3.63, 3.8) is 0 Å². The highest BCUT2D eigenvalue weighted by Gasteiger charge is 2.37. The minimum Gasteiger partial charge on any atom is -0.398 e. The van der Waals surface area contributed by atoms with Crippen LogP contribution in [0, 0.1) is 0 Å². The molecule has 0 bridgehead atoms. The minimum absolute atomic E-state index is 0.0574. The summed E-state index contributed by atoms with van der Waals surface area (Å²) in [5.74, 6) is 0. The number of anilines is 1. The molecule has 7 heteroatoms. The van der Waals surface area contributed by atoms with Crippen LogP contribution in [0.3, 0.4) is 0 Å². The Balaban J connectivity index is 2.53. The van der Waals surface area contributed by atoms with Gasteiger partial charge in [0, 0.05) is 18.1 Å². The molecule has 94 valence electrons. The van der Waals surface area contributed by atoms with E-state index in [1.54, 1.807) is 0 Å².